The van der Waals surface area contributed by atoms with Crippen molar-refractivity contribution < 1.29 is 9.31 Å². The molecular formula is C40H33BN2O2. The number of aromatic nitrogens is 2. The van der Waals surface area contributed by atoms with Crippen LogP contribution < -0.4 is 5.46 Å². The van der Waals surface area contributed by atoms with E-state index in [2.05, 4.69) is 148 Å². The van der Waals surface area contributed by atoms with Gasteiger partial charge in [0.05, 0.1) is 22.2 Å². The van der Waals surface area contributed by atoms with Crippen molar-refractivity contribution in [1.29, 1.82) is 0 Å². The highest BCUT2D eigenvalue weighted by atomic mass is 16.7. The van der Waals surface area contributed by atoms with Gasteiger partial charge >= 0.3 is 7.12 Å². The molecular weight excluding hydrogens is 551 g/mol. The molecule has 0 saturated carbocycles. The Morgan fingerprint density at radius 1 is 0.444 bits per heavy atom. The van der Waals surface area contributed by atoms with Crippen molar-refractivity contribution in [2.75, 3.05) is 0 Å². The van der Waals surface area contributed by atoms with Gasteiger partial charge in [0, 0.05) is 23.2 Å². The Morgan fingerprint density at radius 2 is 0.911 bits per heavy atom. The summed E-state index contributed by atoms with van der Waals surface area (Å²) in [5.41, 5.74) is 9.13. The lowest BCUT2D eigenvalue weighted by Crippen LogP contribution is -2.41. The van der Waals surface area contributed by atoms with Crippen LogP contribution in [0.2, 0.25) is 0 Å². The summed E-state index contributed by atoms with van der Waals surface area (Å²) in [5.74, 6) is 0. The van der Waals surface area contributed by atoms with Crippen LogP contribution >= 0.6 is 0 Å². The summed E-state index contributed by atoms with van der Waals surface area (Å²) in [7, 11) is -0.390. The first-order chi connectivity index (χ1) is 21.8. The van der Waals surface area contributed by atoms with Gasteiger partial charge in [-0.05, 0) is 95.5 Å². The monoisotopic (exact) mass is 584 g/mol. The number of fused-ring (bicyclic) bond motifs is 6. The van der Waals surface area contributed by atoms with Crippen molar-refractivity contribution in [2.45, 2.75) is 38.9 Å². The third kappa shape index (κ3) is 4.71. The van der Waals surface area contributed by atoms with E-state index in [-0.39, 0.29) is 18.3 Å². The summed E-state index contributed by atoms with van der Waals surface area (Å²) < 4.78 is 12.7. The van der Waals surface area contributed by atoms with Gasteiger partial charge in [-0.1, -0.05) is 97.1 Å². The van der Waals surface area contributed by atoms with Gasteiger partial charge in [0.25, 0.3) is 0 Å². The molecule has 0 unspecified atom stereocenters. The lowest BCUT2D eigenvalue weighted by molar-refractivity contribution is 0.00578. The highest BCUT2D eigenvalue weighted by molar-refractivity contribution is 6.62. The molecule has 1 aliphatic heterocycles. The molecule has 2 heterocycles. The summed E-state index contributed by atoms with van der Waals surface area (Å²) in [5, 5.41) is 4.62. The van der Waals surface area contributed by atoms with Crippen molar-refractivity contribution >= 4 is 45.2 Å². The van der Waals surface area contributed by atoms with Gasteiger partial charge in [-0.2, -0.15) is 0 Å². The van der Waals surface area contributed by atoms with Gasteiger partial charge in [-0.25, -0.2) is 0 Å². The Kier molecular flexibility index (Phi) is 6.38. The molecule has 0 atom stereocenters. The SMILES string of the molecule is CC1(C)OB(c2cccc(-c3cccc(-c4cccc(-c5ccc6c(c5)c5ccccc5c5nccnc65)c4)c3)c2)OC1(C)C. The third-order valence-electron chi connectivity index (χ3n) is 9.58. The van der Waals surface area contributed by atoms with Crippen molar-refractivity contribution in [3.63, 3.8) is 0 Å². The molecule has 1 aliphatic rings. The Bertz CT molecular complexity index is 2210. The summed E-state index contributed by atoms with van der Waals surface area (Å²) in [4.78, 5) is 9.39. The average Bonchev–Trinajstić information content (AvgIpc) is 3.31. The predicted molar refractivity (Wildman–Crippen MR) is 187 cm³/mol. The molecule has 1 saturated heterocycles. The van der Waals surface area contributed by atoms with Crippen LogP contribution in [0, 0.1) is 0 Å². The van der Waals surface area contributed by atoms with Crippen LogP contribution in [0.25, 0.3) is 66.0 Å². The Hall–Kier alpha value is -4.84. The molecule has 0 spiro atoms. The molecule has 218 valence electrons. The van der Waals surface area contributed by atoms with E-state index < -0.39 is 0 Å². The van der Waals surface area contributed by atoms with Crippen molar-refractivity contribution in [2.24, 2.45) is 0 Å². The van der Waals surface area contributed by atoms with Crippen LogP contribution in [0.3, 0.4) is 0 Å². The van der Waals surface area contributed by atoms with Crippen LogP contribution in [0.1, 0.15) is 27.7 Å². The first kappa shape index (κ1) is 27.7. The first-order valence-electron chi connectivity index (χ1n) is 15.5. The number of benzene rings is 6. The maximum absolute atomic E-state index is 6.33. The fourth-order valence-electron chi connectivity index (χ4n) is 6.41. The molecule has 45 heavy (non-hydrogen) atoms. The quantitative estimate of drug-likeness (QED) is 0.153. The van der Waals surface area contributed by atoms with Crippen molar-refractivity contribution in [3.8, 4) is 33.4 Å². The summed E-state index contributed by atoms with van der Waals surface area (Å²) in [6.45, 7) is 8.35. The maximum atomic E-state index is 6.33. The smallest absolute Gasteiger partial charge is 0.399 e. The van der Waals surface area contributed by atoms with E-state index >= 15 is 0 Å². The Balaban J connectivity index is 1.16. The molecule has 8 rings (SSSR count). The van der Waals surface area contributed by atoms with E-state index in [4.69, 9.17) is 14.3 Å². The normalized spacial score (nSPS) is 15.7. The Labute approximate surface area is 263 Å². The zero-order chi connectivity index (χ0) is 30.8. The van der Waals surface area contributed by atoms with E-state index in [1.54, 1.807) is 12.4 Å². The summed E-state index contributed by atoms with van der Waals surface area (Å²) in [6.07, 6.45) is 3.54. The number of hydrogen-bond donors (Lipinski definition) is 0. The van der Waals surface area contributed by atoms with E-state index in [9.17, 15) is 0 Å². The molecule has 0 radical (unpaired) electrons. The second-order valence-electron chi connectivity index (χ2n) is 12.9. The molecule has 4 nitrogen and oxygen atoms in total. The minimum Gasteiger partial charge on any atom is -0.399 e. The fraction of sp³-hybridized carbons (Fsp3) is 0.150. The molecule has 6 aromatic carbocycles. The topological polar surface area (TPSA) is 44.2 Å². The van der Waals surface area contributed by atoms with Crippen LogP contribution in [0.5, 0.6) is 0 Å². The van der Waals surface area contributed by atoms with Gasteiger partial charge in [-0.15, -0.1) is 0 Å². The zero-order valence-electron chi connectivity index (χ0n) is 25.9. The number of rotatable bonds is 4. The van der Waals surface area contributed by atoms with Gasteiger partial charge in [-0.3, -0.25) is 9.97 Å². The van der Waals surface area contributed by atoms with Gasteiger partial charge in [0.15, 0.2) is 0 Å². The van der Waals surface area contributed by atoms with Crippen LogP contribution in [0.4, 0.5) is 0 Å². The molecule has 7 aromatic rings. The minimum absolute atomic E-state index is 0.376. The molecule has 1 fully saturated rings. The van der Waals surface area contributed by atoms with E-state index in [0.29, 0.717) is 0 Å². The molecule has 0 amide bonds. The second kappa shape index (κ2) is 10.4. The average molecular weight is 585 g/mol. The lowest BCUT2D eigenvalue weighted by Gasteiger charge is -2.32. The molecule has 0 bridgehead atoms. The third-order valence-corrected chi connectivity index (χ3v) is 9.58. The minimum atomic E-state index is -0.390. The lowest BCUT2D eigenvalue weighted by atomic mass is 9.78. The second-order valence-corrected chi connectivity index (χ2v) is 12.9. The molecule has 0 N–H and O–H groups in total. The largest absolute Gasteiger partial charge is 0.494 e. The zero-order valence-corrected chi connectivity index (χ0v) is 25.9. The van der Waals surface area contributed by atoms with Crippen molar-refractivity contribution in [1.82, 2.24) is 9.97 Å². The predicted octanol–water partition coefficient (Wildman–Crippen LogP) is 9.24. The highest BCUT2D eigenvalue weighted by Gasteiger charge is 2.51. The number of hydrogen-bond acceptors (Lipinski definition) is 4. The molecule has 5 heteroatoms. The van der Waals surface area contributed by atoms with Crippen LogP contribution in [-0.4, -0.2) is 28.3 Å². The van der Waals surface area contributed by atoms with Crippen LogP contribution in [-0.2, 0) is 9.31 Å². The van der Waals surface area contributed by atoms with E-state index in [1.807, 2.05) is 0 Å². The number of nitrogens with zero attached hydrogens (tertiary/aromatic N) is 2. The van der Waals surface area contributed by atoms with Crippen molar-refractivity contribution in [3.05, 3.63) is 128 Å². The molecule has 1 aromatic heterocycles. The van der Waals surface area contributed by atoms with Gasteiger partial charge in [0.1, 0.15) is 0 Å². The Morgan fingerprint density at radius 3 is 1.49 bits per heavy atom. The van der Waals surface area contributed by atoms with Gasteiger partial charge < -0.3 is 9.31 Å². The standard InChI is InChI=1S/C40H33BN2O2/c1-39(2)40(3,4)45-41(44-39)32-15-9-14-30(24-32)28-12-7-10-26(22-28)27-11-8-13-29(23-27)31-18-19-35-36(25-31)33-16-5-6-17-34(33)37-38(35)43-21-20-42-37/h5-25H,1-4H3. The maximum Gasteiger partial charge on any atom is 0.494 e. The summed E-state index contributed by atoms with van der Waals surface area (Å²) >= 11 is 0. The van der Waals surface area contributed by atoms with E-state index in [0.717, 1.165) is 38.4 Å². The molecule has 0 aliphatic carbocycles. The van der Waals surface area contributed by atoms with Crippen LogP contribution in [0.15, 0.2) is 128 Å². The van der Waals surface area contributed by atoms with E-state index in [1.165, 1.54) is 33.0 Å². The van der Waals surface area contributed by atoms with Gasteiger partial charge in [0.2, 0.25) is 0 Å². The summed E-state index contributed by atoms with van der Waals surface area (Å²) in [6, 6.07) is 41.2. The highest BCUT2D eigenvalue weighted by Crippen LogP contribution is 2.38. The fourth-order valence-corrected chi connectivity index (χ4v) is 6.41. The first-order valence-corrected chi connectivity index (χ1v) is 15.5.